The highest BCUT2D eigenvalue weighted by Crippen LogP contribution is 2.11. The number of hydrogen-bond donors (Lipinski definition) is 2. The van der Waals surface area contributed by atoms with Crippen LogP contribution in [0.1, 0.15) is 15.4 Å². The molecule has 0 aliphatic rings. The molecule has 0 spiro atoms. The molecule has 1 aromatic heterocycles. The van der Waals surface area contributed by atoms with Crippen molar-refractivity contribution in [2.75, 3.05) is 26.7 Å². The van der Waals surface area contributed by atoms with Gasteiger partial charge in [-0.2, -0.15) is 0 Å². The molecule has 0 aliphatic heterocycles. The van der Waals surface area contributed by atoms with E-state index < -0.39 is 0 Å². The minimum atomic E-state index is 0.593. The van der Waals surface area contributed by atoms with Gasteiger partial charge in [0.05, 0.1) is 11.6 Å². The van der Waals surface area contributed by atoms with Crippen LogP contribution < -0.4 is 15.4 Å². The summed E-state index contributed by atoms with van der Waals surface area (Å²) in [6, 6.07) is 8.06. The van der Waals surface area contributed by atoms with Crippen LogP contribution in [-0.4, -0.2) is 37.7 Å². The molecule has 124 valence electrons. The molecule has 1 heterocycles. The van der Waals surface area contributed by atoms with E-state index in [1.807, 2.05) is 30.5 Å². The fourth-order valence-electron chi connectivity index (χ4n) is 2.00. The Morgan fingerprint density at radius 2 is 1.91 bits per heavy atom. The SMILES string of the molecule is CN=C(NCCOc1ccc(C)cc1)NCCc1ncc(C)s1. The van der Waals surface area contributed by atoms with Gasteiger partial charge in [0.25, 0.3) is 0 Å². The van der Waals surface area contributed by atoms with Crippen LogP contribution in [0.15, 0.2) is 35.5 Å². The first-order valence-corrected chi connectivity index (χ1v) is 8.54. The molecule has 0 amide bonds. The summed E-state index contributed by atoms with van der Waals surface area (Å²) in [6.45, 7) is 6.24. The molecule has 0 radical (unpaired) electrons. The van der Waals surface area contributed by atoms with Gasteiger partial charge in [0.15, 0.2) is 5.96 Å². The average Bonchev–Trinajstić information content (AvgIpc) is 2.97. The van der Waals surface area contributed by atoms with Crippen molar-refractivity contribution in [3.8, 4) is 5.75 Å². The molecule has 1 aromatic carbocycles. The lowest BCUT2D eigenvalue weighted by molar-refractivity contribution is 0.322. The van der Waals surface area contributed by atoms with Gasteiger partial charge < -0.3 is 15.4 Å². The number of aryl methyl sites for hydroxylation is 2. The van der Waals surface area contributed by atoms with Crippen LogP contribution in [-0.2, 0) is 6.42 Å². The Morgan fingerprint density at radius 1 is 1.17 bits per heavy atom. The van der Waals surface area contributed by atoms with Crippen molar-refractivity contribution in [3.05, 3.63) is 45.9 Å². The van der Waals surface area contributed by atoms with Crippen LogP contribution in [0.5, 0.6) is 5.75 Å². The summed E-state index contributed by atoms with van der Waals surface area (Å²) in [5.41, 5.74) is 1.23. The summed E-state index contributed by atoms with van der Waals surface area (Å²) in [5, 5.41) is 7.67. The van der Waals surface area contributed by atoms with Gasteiger partial charge in [-0.05, 0) is 26.0 Å². The van der Waals surface area contributed by atoms with E-state index in [2.05, 4.69) is 34.5 Å². The molecule has 0 unspecified atom stereocenters. The molecule has 5 nitrogen and oxygen atoms in total. The van der Waals surface area contributed by atoms with E-state index in [4.69, 9.17) is 4.74 Å². The molecular weight excluding hydrogens is 308 g/mol. The highest BCUT2D eigenvalue weighted by atomic mass is 32.1. The number of rotatable bonds is 7. The Balaban J connectivity index is 1.62. The van der Waals surface area contributed by atoms with E-state index in [9.17, 15) is 0 Å². The number of aromatic nitrogens is 1. The lowest BCUT2D eigenvalue weighted by Gasteiger charge is -2.12. The third-order valence-electron chi connectivity index (χ3n) is 3.21. The van der Waals surface area contributed by atoms with Gasteiger partial charge in [-0.25, -0.2) is 4.98 Å². The number of hydrogen-bond acceptors (Lipinski definition) is 4. The summed E-state index contributed by atoms with van der Waals surface area (Å²) >= 11 is 1.74. The lowest BCUT2D eigenvalue weighted by Crippen LogP contribution is -2.40. The van der Waals surface area contributed by atoms with E-state index in [1.54, 1.807) is 18.4 Å². The monoisotopic (exact) mass is 332 g/mol. The number of aliphatic imine (C=N–C) groups is 1. The second-order valence-corrected chi connectivity index (χ2v) is 6.52. The van der Waals surface area contributed by atoms with Gasteiger partial charge in [0.2, 0.25) is 0 Å². The standard InChI is InChI=1S/C17H24N4OS/c1-13-4-6-15(7-5-13)22-11-10-20-17(18-3)19-9-8-16-21-12-14(2)23-16/h4-7,12H,8-11H2,1-3H3,(H2,18,19,20). The van der Waals surface area contributed by atoms with Gasteiger partial charge in [-0.15, -0.1) is 11.3 Å². The summed E-state index contributed by atoms with van der Waals surface area (Å²) in [4.78, 5) is 9.80. The van der Waals surface area contributed by atoms with Crippen LogP contribution in [0.3, 0.4) is 0 Å². The van der Waals surface area contributed by atoms with E-state index in [0.29, 0.717) is 13.2 Å². The summed E-state index contributed by atoms with van der Waals surface area (Å²) in [5.74, 6) is 1.67. The number of ether oxygens (including phenoxy) is 1. The molecule has 0 atom stereocenters. The third-order valence-corrected chi connectivity index (χ3v) is 4.18. The molecular formula is C17H24N4OS. The summed E-state index contributed by atoms with van der Waals surface area (Å²) in [6.07, 6.45) is 2.81. The molecule has 23 heavy (non-hydrogen) atoms. The Kier molecular flexibility index (Phi) is 6.87. The van der Waals surface area contributed by atoms with Crippen molar-refractivity contribution >= 4 is 17.3 Å². The van der Waals surface area contributed by atoms with Crippen molar-refractivity contribution in [1.82, 2.24) is 15.6 Å². The predicted molar refractivity (Wildman–Crippen MR) is 96.6 cm³/mol. The quantitative estimate of drug-likeness (QED) is 0.465. The topological polar surface area (TPSA) is 58.5 Å². The van der Waals surface area contributed by atoms with Crippen molar-refractivity contribution in [3.63, 3.8) is 0 Å². The lowest BCUT2D eigenvalue weighted by atomic mass is 10.2. The maximum atomic E-state index is 5.68. The minimum absolute atomic E-state index is 0.593. The van der Waals surface area contributed by atoms with Crippen molar-refractivity contribution in [2.24, 2.45) is 4.99 Å². The Hall–Kier alpha value is -2.08. The van der Waals surface area contributed by atoms with Gasteiger partial charge in [0, 0.05) is 31.1 Å². The Labute approximate surface area is 141 Å². The minimum Gasteiger partial charge on any atom is -0.492 e. The van der Waals surface area contributed by atoms with Crippen molar-refractivity contribution in [1.29, 1.82) is 0 Å². The van der Waals surface area contributed by atoms with Crippen LogP contribution in [0.4, 0.5) is 0 Å². The Bertz CT molecular complexity index is 622. The highest BCUT2D eigenvalue weighted by Gasteiger charge is 2.01. The van der Waals surface area contributed by atoms with E-state index in [1.165, 1.54) is 10.4 Å². The molecule has 2 rings (SSSR count). The second kappa shape index (κ2) is 9.15. The van der Waals surface area contributed by atoms with Crippen LogP contribution >= 0.6 is 11.3 Å². The van der Waals surface area contributed by atoms with E-state index in [0.717, 1.165) is 29.7 Å². The zero-order chi connectivity index (χ0) is 16.5. The number of benzene rings is 1. The maximum Gasteiger partial charge on any atom is 0.191 e. The van der Waals surface area contributed by atoms with Crippen molar-refractivity contribution in [2.45, 2.75) is 20.3 Å². The fraction of sp³-hybridized carbons (Fsp3) is 0.412. The van der Waals surface area contributed by atoms with Gasteiger partial charge in [-0.1, -0.05) is 17.7 Å². The first kappa shape index (κ1) is 17.3. The highest BCUT2D eigenvalue weighted by molar-refractivity contribution is 7.11. The number of nitrogens with zero attached hydrogens (tertiary/aromatic N) is 2. The molecule has 0 bridgehead atoms. The molecule has 6 heteroatoms. The summed E-state index contributed by atoms with van der Waals surface area (Å²) < 4.78 is 5.68. The zero-order valence-corrected chi connectivity index (χ0v) is 14.7. The third kappa shape index (κ3) is 6.28. The molecule has 0 saturated carbocycles. The zero-order valence-electron chi connectivity index (χ0n) is 13.9. The molecule has 0 saturated heterocycles. The molecule has 2 N–H and O–H groups in total. The smallest absolute Gasteiger partial charge is 0.191 e. The normalized spacial score (nSPS) is 11.3. The number of guanidine groups is 1. The Morgan fingerprint density at radius 3 is 2.57 bits per heavy atom. The van der Waals surface area contributed by atoms with Crippen molar-refractivity contribution < 1.29 is 4.74 Å². The van der Waals surface area contributed by atoms with Gasteiger partial charge in [0.1, 0.15) is 12.4 Å². The largest absolute Gasteiger partial charge is 0.492 e. The number of nitrogens with one attached hydrogen (secondary N) is 2. The number of thiazole rings is 1. The fourth-order valence-corrected chi connectivity index (χ4v) is 2.78. The average molecular weight is 332 g/mol. The molecule has 0 aliphatic carbocycles. The molecule has 2 aromatic rings. The first-order valence-electron chi connectivity index (χ1n) is 7.72. The predicted octanol–water partition coefficient (Wildman–Crippen LogP) is 2.55. The van der Waals surface area contributed by atoms with Crippen LogP contribution in [0.2, 0.25) is 0 Å². The van der Waals surface area contributed by atoms with Gasteiger partial charge >= 0.3 is 0 Å². The summed E-state index contributed by atoms with van der Waals surface area (Å²) in [7, 11) is 1.77. The maximum absolute atomic E-state index is 5.68. The van der Waals surface area contributed by atoms with Crippen LogP contribution in [0, 0.1) is 13.8 Å². The van der Waals surface area contributed by atoms with Gasteiger partial charge in [-0.3, -0.25) is 4.99 Å². The van der Waals surface area contributed by atoms with E-state index in [-0.39, 0.29) is 0 Å². The van der Waals surface area contributed by atoms with E-state index >= 15 is 0 Å². The molecule has 0 fully saturated rings. The second-order valence-electron chi connectivity index (χ2n) is 5.20. The van der Waals surface area contributed by atoms with Crippen LogP contribution in [0.25, 0.3) is 0 Å². The first-order chi connectivity index (χ1) is 11.2.